The van der Waals surface area contributed by atoms with Crippen molar-refractivity contribution >= 4 is 17.7 Å². The Morgan fingerprint density at radius 2 is 1.80 bits per heavy atom. The normalized spacial score (nSPS) is 16.9. The predicted molar refractivity (Wildman–Crippen MR) is 83.1 cm³/mol. The minimum atomic E-state index is -0.506. The number of carbonyl (C=O) groups excluding carboxylic acids is 1. The molecule has 2 N–H and O–H groups in total. The monoisotopic (exact) mass is 293 g/mol. The molecule has 0 aliphatic heterocycles. The molecule has 110 valence electrons. The molecule has 1 saturated carbocycles. The zero-order valence-corrected chi connectivity index (χ0v) is 13.0. The first kappa shape index (κ1) is 15.2. The molecule has 0 heterocycles. The van der Waals surface area contributed by atoms with Crippen LogP contribution >= 0.6 is 11.8 Å². The predicted octanol–water partition coefficient (Wildman–Crippen LogP) is 3.71. The summed E-state index contributed by atoms with van der Waals surface area (Å²) in [6.07, 6.45) is 5.93. The van der Waals surface area contributed by atoms with Gasteiger partial charge in [0.25, 0.3) is 0 Å². The van der Waals surface area contributed by atoms with Gasteiger partial charge in [-0.3, -0.25) is 4.79 Å². The third-order valence-electron chi connectivity index (χ3n) is 3.70. The SMILES string of the molecule is CC(C)(Sc1ccc(O)cc1)C(=O)NC1CCCCC1. The number of benzene rings is 1. The molecule has 3 nitrogen and oxygen atoms in total. The van der Waals surface area contributed by atoms with Gasteiger partial charge >= 0.3 is 0 Å². The molecule has 0 unspecified atom stereocenters. The zero-order chi connectivity index (χ0) is 14.6. The van der Waals surface area contributed by atoms with Gasteiger partial charge in [0, 0.05) is 10.9 Å². The van der Waals surface area contributed by atoms with Crippen LogP contribution in [0.5, 0.6) is 5.75 Å². The van der Waals surface area contributed by atoms with Gasteiger partial charge in [-0.15, -0.1) is 11.8 Å². The number of hydrogen-bond donors (Lipinski definition) is 2. The third kappa shape index (κ3) is 4.17. The fourth-order valence-corrected chi connectivity index (χ4v) is 3.47. The zero-order valence-electron chi connectivity index (χ0n) is 12.2. The minimum absolute atomic E-state index is 0.0995. The lowest BCUT2D eigenvalue weighted by Gasteiger charge is -2.29. The van der Waals surface area contributed by atoms with E-state index in [0.717, 1.165) is 17.7 Å². The lowest BCUT2D eigenvalue weighted by atomic mass is 9.95. The number of phenols is 1. The first-order chi connectivity index (χ1) is 9.47. The third-order valence-corrected chi connectivity index (χ3v) is 4.90. The fourth-order valence-electron chi connectivity index (χ4n) is 2.46. The second kappa shape index (κ2) is 6.53. The van der Waals surface area contributed by atoms with Gasteiger partial charge < -0.3 is 10.4 Å². The van der Waals surface area contributed by atoms with Crippen LogP contribution in [-0.2, 0) is 4.79 Å². The van der Waals surface area contributed by atoms with E-state index in [9.17, 15) is 9.90 Å². The number of rotatable bonds is 4. The summed E-state index contributed by atoms with van der Waals surface area (Å²) >= 11 is 1.53. The molecule has 0 saturated heterocycles. The summed E-state index contributed by atoms with van der Waals surface area (Å²) < 4.78 is -0.506. The number of thioether (sulfide) groups is 1. The van der Waals surface area contributed by atoms with E-state index in [-0.39, 0.29) is 11.7 Å². The van der Waals surface area contributed by atoms with E-state index >= 15 is 0 Å². The van der Waals surface area contributed by atoms with Gasteiger partial charge in [0.15, 0.2) is 0 Å². The van der Waals surface area contributed by atoms with E-state index in [1.165, 1.54) is 31.0 Å². The van der Waals surface area contributed by atoms with E-state index in [2.05, 4.69) is 5.32 Å². The second-order valence-electron chi connectivity index (χ2n) is 5.91. The molecular weight excluding hydrogens is 270 g/mol. The van der Waals surface area contributed by atoms with E-state index in [1.807, 2.05) is 26.0 Å². The quantitative estimate of drug-likeness (QED) is 0.832. The number of aromatic hydroxyl groups is 1. The van der Waals surface area contributed by atoms with Gasteiger partial charge in [-0.25, -0.2) is 0 Å². The maximum absolute atomic E-state index is 12.4. The minimum Gasteiger partial charge on any atom is -0.508 e. The Morgan fingerprint density at radius 3 is 2.40 bits per heavy atom. The average molecular weight is 293 g/mol. The molecule has 0 aromatic heterocycles. The van der Waals surface area contributed by atoms with Crippen LogP contribution in [0.15, 0.2) is 29.2 Å². The van der Waals surface area contributed by atoms with Crippen molar-refractivity contribution in [1.82, 2.24) is 5.32 Å². The molecule has 1 aliphatic rings. The van der Waals surface area contributed by atoms with Gasteiger partial charge in [0.1, 0.15) is 5.75 Å². The summed E-state index contributed by atoms with van der Waals surface area (Å²) in [5.41, 5.74) is 0. The number of phenolic OH excluding ortho intramolecular Hbond substituents is 1. The summed E-state index contributed by atoms with van der Waals surface area (Å²) in [5.74, 6) is 0.348. The van der Waals surface area contributed by atoms with E-state index in [1.54, 1.807) is 12.1 Å². The summed E-state index contributed by atoms with van der Waals surface area (Å²) in [6.45, 7) is 3.89. The van der Waals surface area contributed by atoms with Gasteiger partial charge in [-0.05, 0) is 51.0 Å². The summed E-state index contributed by atoms with van der Waals surface area (Å²) in [5, 5.41) is 12.5. The summed E-state index contributed by atoms with van der Waals surface area (Å²) in [7, 11) is 0. The Bertz CT molecular complexity index is 450. The van der Waals surface area contributed by atoms with Crippen molar-refractivity contribution in [2.45, 2.75) is 61.6 Å². The highest BCUT2D eigenvalue weighted by atomic mass is 32.2. The molecule has 20 heavy (non-hydrogen) atoms. The van der Waals surface area contributed by atoms with Crippen molar-refractivity contribution in [3.8, 4) is 5.75 Å². The molecule has 0 spiro atoms. The van der Waals surface area contributed by atoms with E-state index in [0.29, 0.717) is 6.04 Å². The summed E-state index contributed by atoms with van der Waals surface area (Å²) in [6, 6.07) is 7.33. The number of carbonyl (C=O) groups is 1. The van der Waals surface area contributed by atoms with Crippen molar-refractivity contribution < 1.29 is 9.90 Å². The van der Waals surface area contributed by atoms with E-state index < -0.39 is 4.75 Å². The topological polar surface area (TPSA) is 49.3 Å². The molecule has 0 atom stereocenters. The highest BCUT2D eigenvalue weighted by molar-refractivity contribution is 8.01. The smallest absolute Gasteiger partial charge is 0.236 e. The largest absolute Gasteiger partial charge is 0.508 e. The van der Waals surface area contributed by atoms with Crippen LogP contribution in [0.1, 0.15) is 46.0 Å². The van der Waals surface area contributed by atoms with Crippen LogP contribution in [0.4, 0.5) is 0 Å². The van der Waals surface area contributed by atoms with Crippen molar-refractivity contribution in [3.05, 3.63) is 24.3 Å². The first-order valence-electron chi connectivity index (χ1n) is 7.26. The van der Waals surface area contributed by atoms with Crippen LogP contribution in [0, 0.1) is 0 Å². The molecule has 1 amide bonds. The lowest BCUT2D eigenvalue weighted by molar-refractivity contribution is -0.123. The van der Waals surface area contributed by atoms with Crippen LogP contribution in [0.25, 0.3) is 0 Å². The Labute approximate surface area is 125 Å². The molecule has 1 fully saturated rings. The molecule has 2 rings (SSSR count). The summed E-state index contributed by atoms with van der Waals surface area (Å²) in [4.78, 5) is 13.4. The van der Waals surface area contributed by atoms with Crippen LogP contribution in [0.3, 0.4) is 0 Å². The maximum Gasteiger partial charge on any atom is 0.236 e. The van der Waals surface area contributed by atoms with Crippen molar-refractivity contribution in [2.24, 2.45) is 0 Å². The van der Waals surface area contributed by atoms with Gasteiger partial charge in [-0.1, -0.05) is 19.3 Å². The highest BCUT2D eigenvalue weighted by Gasteiger charge is 2.30. The Balaban J connectivity index is 1.94. The van der Waals surface area contributed by atoms with Gasteiger partial charge in [0.05, 0.1) is 4.75 Å². The average Bonchev–Trinajstić information content (AvgIpc) is 2.42. The molecule has 1 aromatic carbocycles. The Kier molecular flexibility index (Phi) is 4.97. The van der Waals surface area contributed by atoms with Crippen LogP contribution < -0.4 is 5.32 Å². The number of hydrogen-bond acceptors (Lipinski definition) is 3. The van der Waals surface area contributed by atoms with Gasteiger partial charge in [0.2, 0.25) is 5.91 Å². The second-order valence-corrected chi connectivity index (χ2v) is 7.61. The number of amides is 1. The number of nitrogens with one attached hydrogen (secondary N) is 1. The molecule has 0 bridgehead atoms. The standard InChI is InChI=1S/C16H23NO2S/c1-16(2,20-14-10-8-13(18)9-11-14)15(19)17-12-6-4-3-5-7-12/h8-12,18H,3-7H2,1-2H3,(H,17,19). The van der Waals surface area contributed by atoms with Crippen LogP contribution in [-0.4, -0.2) is 21.8 Å². The molecule has 1 aliphatic carbocycles. The highest BCUT2D eigenvalue weighted by Crippen LogP contribution is 2.33. The maximum atomic E-state index is 12.4. The lowest BCUT2D eigenvalue weighted by Crippen LogP contribution is -2.45. The van der Waals surface area contributed by atoms with Gasteiger partial charge in [-0.2, -0.15) is 0 Å². The fraction of sp³-hybridized carbons (Fsp3) is 0.562. The molecule has 4 heteroatoms. The van der Waals surface area contributed by atoms with Crippen molar-refractivity contribution in [1.29, 1.82) is 0 Å². The molecule has 1 aromatic rings. The first-order valence-corrected chi connectivity index (χ1v) is 8.08. The van der Waals surface area contributed by atoms with Crippen LogP contribution in [0.2, 0.25) is 0 Å². The van der Waals surface area contributed by atoms with E-state index in [4.69, 9.17) is 0 Å². The molecule has 0 radical (unpaired) electrons. The van der Waals surface area contributed by atoms with Crippen molar-refractivity contribution in [3.63, 3.8) is 0 Å². The Morgan fingerprint density at radius 1 is 1.20 bits per heavy atom. The molecular formula is C16H23NO2S. The van der Waals surface area contributed by atoms with Crippen molar-refractivity contribution in [2.75, 3.05) is 0 Å². The Hall–Kier alpha value is -1.16.